The number of hydrogen-bond acceptors (Lipinski definition) is 3. The molecule has 1 aromatic rings. The van der Waals surface area contributed by atoms with E-state index in [4.69, 9.17) is 0 Å². The summed E-state index contributed by atoms with van der Waals surface area (Å²) in [6.45, 7) is 0. The first-order valence-electron chi connectivity index (χ1n) is 5.85. The van der Waals surface area contributed by atoms with Crippen molar-refractivity contribution in [3.8, 4) is 6.07 Å². The highest BCUT2D eigenvalue weighted by molar-refractivity contribution is 5.78. The fourth-order valence-electron chi connectivity index (χ4n) is 1.92. The van der Waals surface area contributed by atoms with Gasteiger partial charge in [-0.3, -0.25) is 0 Å². The molecule has 0 heterocycles. The lowest BCUT2D eigenvalue weighted by atomic mass is 10.0. The molecule has 0 saturated carbocycles. The van der Waals surface area contributed by atoms with Crippen molar-refractivity contribution >= 4 is 5.57 Å². The zero-order valence-electron chi connectivity index (χ0n) is 11.8. The van der Waals surface area contributed by atoms with E-state index in [2.05, 4.69) is 6.07 Å². The van der Waals surface area contributed by atoms with Crippen LogP contribution in [0.4, 0.5) is 13.2 Å². The van der Waals surface area contributed by atoms with Crippen LogP contribution in [-0.2, 0) is 6.18 Å². The fourth-order valence-corrected chi connectivity index (χ4v) is 1.92. The van der Waals surface area contributed by atoms with Gasteiger partial charge in [0.15, 0.2) is 0 Å². The molecule has 0 atom stereocenters. The Kier molecular flexibility index (Phi) is 4.66. The minimum absolute atomic E-state index is 0.328. The first-order chi connectivity index (χ1) is 9.18. The number of rotatable bonds is 3. The van der Waals surface area contributed by atoms with Crippen LogP contribution in [-0.4, -0.2) is 38.0 Å². The van der Waals surface area contributed by atoms with Gasteiger partial charge in [0.25, 0.3) is 0 Å². The molecule has 0 spiro atoms. The van der Waals surface area contributed by atoms with Crippen LogP contribution in [0.3, 0.4) is 0 Å². The third kappa shape index (κ3) is 3.44. The first-order valence-corrected chi connectivity index (χ1v) is 5.85. The molecule has 0 saturated heterocycles. The molecular weight excluding hydrogens is 267 g/mol. The maximum atomic E-state index is 12.5. The maximum Gasteiger partial charge on any atom is 0.416 e. The number of benzene rings is 1. The summed E-state index contributed by atoms with van der Waals surface area (Å²) in [4.78, 5) is 3.49. The van der Waals surface area contributed by atoms with Crippen molar-refractivity contribution in [3.05, 3.63) is 41.2 Å². The number of halogens is 3. The van der Waals surface area contributed by atoms with Crippen LogP contribution in [0.25, 0.3) is 5.57 Å². The van der Waals surface area contributed by atoms with Crippen molar-refractivity contribution in [3.63, 3.8) is 0 Å². The van der Waals surface area contributed by atoms with E-state index in [1.807, 2.05) is 0 Å². The Balaban J connectivity index is 3.34. The van der Waals surface area contributed by atoms with Gasteiger partial charge in [0.05, 0.1) is 11.1 Å². The molecule has 0 bridgehead atoms. The van der Waals surface area contributed by atoms with Gasteiger partial charge in [-0.25, -0.2) is 0 Å². The van der Waals surface area contributed by atoms with Crippen LogP contribution in [0, 0.1) is 11.3 Å². The van der Waals surface area contributed by atoms with E-state index >= 15 is 0 Å². The normalized spacial score (nSPS) is 10.7. The highest BCUT2D eigenvalue weighted by atomic mass is 19.4. The molecule has 0 aliphatic carbocycles. The molecule has 3 nitrogen and oxygen atoms in total. The van der Waals surface area contributed by atoms with Gasteiger partial charge in [0, 0.05) is 28.2 Å². The molecule has 108 valence electrons. The minimum Gasteiger partial charge on any atom is -0.363 e. The Labute approximate surface area is 116 Å². The number of allylic oxidation sites excluding steroid dienone is 1. The fraction of sp³-hybridized carbons (Fsp3) is 0.357. The van der Waals surface area contributed by atoms with E-state index in [-0.39, 0.29) is 0 Å². The largest absolute Gasteiger partial charge is 0.416 e. The Morgan fingerprint density at radius 1 is 1.00 bits per heavy atom. The van der Waals surface area contributed by atoms with Crippen LogP contribution in [0.15, 0.2) is 30.1 Å². The summed E-state index contributed by atoms with van der Waals surface area (Å²) in [6.07, 6.45) is -4.37. The summed E-state index contributed by atoms with van der Waals surface area (Å²) in [5.41, 5.74) is 0.0569. The molecular formula is C14H16F3N3. The van der Waals surface area contributed by atoms with Gasteiger partial charge in [-0.1, -0.05) is 12.1 Å². The molecule has 0 aliphatic heterocycles. The number of alkyl halides is 3. The second-order valence-electron chi connectivity index (χ2n) is 4.67. The van der Waals surface area contributed by atoms with E-state index in [0.29, 0.717) is 17.0 Å². The average molecular weight is 283 g/mol. The number of hydrogen-bond donors (Lipinski definition) is 0. The predicted molar refractivity (Wildman–Crippen MR) is 71.4 cm³/mol. The van der Waals surface area contributed by atoms with E-state index in [0.717, 1.165) is 12.1 Å². The maximum absolute atomic E-state index is 12.5. The minimum atomic E-state index is -4.37. The smallest absolute Gasteiger partial charge is 0.363 e. The third-order valence-corrected chi connectivity index (χ3v) is 2.68. The van der Waals surface area contributed by atoms with Gasteiger partial charge in [-0.05, 0) is 17.7 Å². The number of nitriles is 1. The zero-order valence-corrected chi connectivity index (χ0v) is 11.8. The lowest BCUT2D eigenvalue weighted by Crippen LogP contribution is -2.26. The van der Waals surface area contributed by atoms with Crippen LogP contribution >= 0.6 is 0 Å². The summed E-state index contributed by atoms with van der Waals surface area (Å²) in [5, 5.41) is 9.29. The summed E-state index contributed by atoms with van der Waals surface area (Å²) < 4.78 is 37.6. The molecule has 1 aromatic carbocycles. The van der Waals surface area contributed by atoms with Gasteiger partial charge in [0.2, 0.25) is 0 Å². The van der Waals surface area contributed by atoms with E-state index in [1.54, 1.807) is 38.0 Å². The summed E-state index contributed by atoms with van der Waals surface area (Å²) in [7, 11) is 7.10. The lowest BCUT2D eigenvalue weighted by Gasteiger charge is -2.26. The second-order valence-corrected chi connectivity index (χ2v) is 4.67. The molecule has 0 N–H and O–H groups in total. The summed E-state index contributed by atoms with van der Waals surface area (Å²) in [6, 6.07) is 6.65. The van der Waals surface area contributed by atoms with Crippen LogP contribution < -0.4 is 0 Å². The monoisotopic (exact) mass is 283 g/mol. The van der Waals surface area contributed by atoms with Crippen molar-refractivity contribution in [1.29, 1.82) is 5.26 Å². The highest BCUT2D eigenvalue weighted by Gasteiger charge is 2.30. The Hall–Kier alpha value is -2.16. The number of nitrogens with zero attached hydrogens (tertiary/aromatic N) is 3. The summed E-state index contributed by atoms with van der Waals surface area (Å²) in [5.74, 6) is 0.632. The predicted octanol–water partition coefficient (Wildman–Crippen LogP) is 3.02. The zero-order chi connectivity index (χ0) is 15.5. The molecule has 0 aromatic heterocycles. The molecule has 0 unspecified atom stereocenters. The van der Waals surface area contributed by atoms with Crippen LogP contribution in [0.2, 0.25) is 0 Å². The van der Waals surface area contributed by atoms with Gasteiger partial charge >= 0.3 is 6.18 Å². The first kappa shape index (κ1) is 15.9. The topological polar surface area (TPSA) is 30.3 Å². The molecule has 6 heteroatoms. The van der Waals surface area contributed by atoms with Gasteiger partial charge in [-0.2, -0.15) is 18.4 Å². The molecule has 0 radical (unpaired) electrons. The second kappa shape index (κ2) is 5.87. The van der Waals surface area contributed by atoms with Crippen molar-refractivity contribution in [1.82, 2.24) is 9.80 Å². The van der Waals surface area contributed by atoms with E-state index in [9.17, 15) is 18.4 Å². The Morgan fingerprint density at radius 2 is 1.45 bits per heavy atom. The van der Waals surface area contributed by atoms with Crippen LogP contribution in [0.1, 0.15) is 11.1 Å². The third-order valence-electron chi connectivity index (χ3n) is 2.68. The van der Waals surface area contributed by atoms with Gasteiger partial charge in [0.1, 0.15) is 11.9 Å². The van der Waals surface area contributed by atoms with Crippen LogP contribution in [0.5, 0.6) is 0 Å². The molecule has 0 amide bonds. The molecule has 1 rings (SSSR count). The van der Waals surface area contributed by atoms with Gasteiger partial charge in [-0.15, -0.1) is 0 Å². The van der Waals surface area contributed by atoms with E-state index in [1.165, 1.54) is 12.1 Å². The van der Waals surface area contributed by atoms with Crippen molar-refractivity contribution in [2.45, 2.75) is 6.18 Å². The highest BCUT2D eigenvalue weighted by Crippen LogP contribution is 2.30. The molecule has 20 heavy (non-hydrogen) atoms. The van der Waals surface area contributed by atoms with Gasteiger partial charge < -0.3 is 9.80 Å². The van der Waals surface area contributed by atoms with Crippen molar-refractivity contribution < 1.29 is 13.2 Å². The van der Waals surface area contributed by atoms with Crippen molar-refractivity contribution in [2.24, 2.45) is 0 Å². The Morgan fingerprint density at radius 3 is 1.75 bits per heavy atom. The molecule has 0 fully saturated rings. The Bertz CT molecular complexity index is 524. The van der Waals surface area contributed by atoms with Crippen molar-refractivity contribution in [2.75, 3.05) is 28.2 Å². The average Bonchev–Trinajstić information content (AvgIpc) is 2.33. The summed E-state index contributed by atoms with van der Waals surface area (Å²) >= 11 is 0. The quantitative estimate of drug-likeness (QED) is 0.799. The SMILES string of the molecule is CN(C)C(=C(C#N)c1ccc(C(F)(F)F)cc1)N(C)C. The molecule has 0 aliphatic rings. The standard InChI is InChI=1S/C14H16F3N3/c1-19(2)13(20(3)4)12(9-18)10-5-7-11(8-6-10)14(15,16)17/h5-8H,1-4H3. The lowest BCUT2D eigenvalue weighted by molar-refractivity contribution is -0.137. The van der Waals surface area contributed by atoms with E-state index < -0.39 is 11.7 Å².